The fourth-order valence-electron chi connectivity index (χ4n) is 2.77. The standard InChI is InChI=1S/C14H22N2O/c1-11-5-4-8-14(11,10-15)16-12-6-3-7-13(9-12)17-2/h3,6-7,9,11,16H,4-5,8,10,15H2,1-2H3. The lowest BCUT2D eigenvalue weighted by Gasteiger charge is -2.35. The van der Waals surface area contributed by atoms with Crippen molar-refractivity contribution in [1.29, 1.82) is 0 Å². The quantitative estimate of drug-likeness (QED) is 0.842. The zero-order chi connectivity index (χ0) is 12.3. The van der Waals surface area contributed by atoms with Gasteiger partial charge in [0.15, 0.2) is 0 Å². The normalized spacial score (nSPS) is 28.1. The van der Waals surface area contributed by atoms with Gasteiger partial charge in [-0.1, -0.05) is 19.4 Å². The summed E-state index contributed by atoms with van der Waals surface area (Å²) in [5, 5.41) is 3.62. The van der Waals surface area contributed by atoms with Gasteiger partial charge >= 0.3 is 0 Å². The highest BCUT2D eigenvalue weighted by atomic mass is 16.5. The first kappa shape index (κ1) is 12.2. The van der Waals surface area contributed by atoms with Crippen LogP contribution in [0.4, 0.5) is 5.69 Å². The smallest absolute Gasteiger partial charge is 0.120 e. The third-order valence-corrected chi connectivity index (χ3v) is 4.03. The van der Waals surface area contributed by atoms with Crippen LogP contribution in [0.3, 0.4) is 0 Å². The second-order valence-corrected chi connectivity index (χ2v) is 5.01. The Morgan fingerprint density at radius 3 is 2.94 bits per heavy atom. The molecule has 0 spiro atoms. The second-order valence-electron chi connectivity index (χ2n) is 5.01. The van der Waals surface area contributed by atoms with Crippen LogP contribution in [-0.4, -0.2) is 19.2 Å². The molecule has 2 unspecified atom stereocenters. The van der Waals surface area contributed by atoms with Crippen LogP contribution in [0, 0.1) is 5.92 Å². The minimum absolute atomic E-state index is 0.0619. The molecule has 0 aliphatic heterocycles. The van der Waals surface area contributed by atoms with Gasteiger partial charge in [-0.05, 0) is 30.9 Å². The summed E-state index contributed by atoms with van der Waals surface area (Å²) >= 11 is 0. The predicted octanol–water partition coefficient (Wildman–Crippen LogP) is 2.62. The van der Waals surface area contributed by atoms with Gasteiger partial charge in [-0.15, -0.1) is 0 Å². The van der Waals surface area contributed by atoms with E-state index in [1.807, 2.05) is 18.2 Å². The Hall–Kier alpha value is -1.22. The lowest BCUT2D eigenvalue weighted by molar-refractivity contribution is 0.381. The summed E-state index contributed by atoms with van der Waals surface area (Å²) in [6, 6.07) is 8.07. The fourth-order valence-corrected chi connectivity index (χ4v) is 2.77. The summed E-state index contributed by atoms with van der Waals surface area (Å²) in [5.41, 5.74) is 7.15. The Morgan fingerprint density at radius 1 is 1.53 bits per heavy atom. The zero-order valence-electron chi connectivity index (χ0n) is 10.7. The maximum Gasteiger partial charge on any atom is 0.120 e. The van der Waals surface area contributed by atoms with E-state index in [-0.39, 0.29) is 5.54 Å². The molecule has 1 aromatic rings. The largest absolute Gasteiger partial charge is 0.497 e. The Balaban J connectivity index is 2.18. The molecule has 1 aliphatic carbocycles. The van der Waals surface area contributed by atoms with Crippen LogP contribution >= 0.6 is 0 Å². The van der Waals surface area contributed by atoms with Crippen LogP contribution in [0.5, 0.6) is 5.75 Å². The van der Waals surface area contributed by atoms with Crippen LogP contribution in [0.25, 0.3) is 0 Å². The molecule has 2 atom stereocenters. The second kappa shape index (κ2) is 4.96. The van der Waals surface area contributed by atoms with Gasteiger partial charge < -0.3 is 15.8 Å². The van der Waals surface area contributed by atoms with Crippen molar-refractivity contribution in [2.75, 3.05) is 19.0 Å². The third-order valence-electron chi connectivity index (χ3n) is 4.03. The van der Waals surface area contributed by atoms with E-state index in [9.17, 15) is 0 Å². The van der Waals surface area contributed by atoms with Crippen molar-refractivity contribution in [3.63, 3.8) is 0 Å². The van der Waals surface area contributed by atoms with Gasteiger partial charge in [-0.25, -0.2) is 0 Å². The molecule has 1 saturated carbocycles. The monoisotopic (exact) mass is 234 g/mol. The first-order valence-corrected chi connectivity index (χ1v) is 6.32. The average Bonchev–Trinajstić information content (AvgIpc) is 2.71. The Morgan fingerprint density at radius 2 is 2.35 bits per heavy atom. The topological polar surface area (TPSA) is 47.3 Å². The number of nitrogens with two attached hydrogens (primary N) is 1. The average molecular weight is 234 g/mol. The van der Waals surface area contributed by atoms with E-state index >= 15 is 0 Å². The van der Waals surface area contributed by atoms with E-state index in [0.29, 0.717) is 12.5 Å². The van der Waals surface area contributed by atoms with Gasteiger partial charge in [0, 0.05) is 18.3 Å². The maximum atomic E-state index is 5.98. The molecule has 3 N–H and O–H groups in total. The highest BCUT2D eigenvalue weighted by Crippen LogP contribution is 2.37. The molecule has 17 heavy (non-hydrogen) atoms. The number of nitrogens with one attached hydrogen (secondary N) is 1. The molecule has 0 aromatic heterocycles. The molecule has 1 fully saturated rings. The van der Waals surface area contributed by atoms with Crippen LogP contribution < -0.4 is 15.8 Å². The van der Waals surface area contributed by atoms with E-state index in [1.165, 1.54) is 12.8 Å². The summed E-state index contributed by atoms with van der Waals surface area (Å²) in [5.74, 6) is 1.51. The van der Waals surface area contributed by atoms with Crippen molar-refractivity contribution in [1.82, 2.24) is 0 Å². The van der Waals surface area contributed by atoms with Crippen LogP contribution in [-0.2, 0) is 0 Å². The third kappa shape index (κ3) is 2.39. The number of hydrogen-bond donors (Lipinski definition) is 2. The summed E-state index contributed by atoms with van der Waals surface area (Å²) in [4.78, 5) is 0. The Bertz CT molecular complexity index is 380. The van der Waals surface area contributed by atoms with E-state index in [1.54, 1.807) is 7.11 Å². The molecule has 0 heterocycles. The number of benzene rings is 1. The molecule has 1 aromatic carbocycles. The lowest BCUT2D eigenvalue weighted by Crippen LogP contribution is -2.47. The highest BCUT2D eigenvalue weighted by Gasteiger charge is 2.38. The Kier molecular flexibility index (Phi) is 3.57. The summed E-state index contributed by atoms with van der Waals surface area (Å²) in [7, 11) is 1.69. The zero-order valence-corrected chi connectivity index (χ0v) is 10.7. The summed E-state index contributed by atoms with van der Waals surface area (Å²) < 4.78 is 5.24. The van der Waals surface area contributed by atoms with Gasteiger partial charge in [0.1, 0.15) is 5.75 Å². The number of anilines is 1. The van der Waals surface area contributed by atoms with Gasteiger partial charge in [0.05, 0.1) is 12.6 Å². The van der Waals surface area contributed by atoms with Crippen molar-refractivity contribution in [2.24, 2.45) is 11.7 Å². The molecule has 3 heteroatoms. The van der Waals surface area contributed by atoms with E-state index in [2.05, 4.69) is 18.3 Å². The Labute approximate surface area is 103 Å². The first-order valence-electron chi connectivity index (χ1n) is 6.32. The van der Waals surface area contributed by atoms with Gasteiger partial charge in [-0.2, -0.15) is 0 Å². The fraction of sp³-hybridized carbons (Fsp3) is 0.571. The highest BCUT2D eigenvalue weighted by molar-refractivity contribution is 5.50. The van der Waals surface area contributed by atoms with E-state index < -0.39 is 0 Å². The van der Waals surface area contributed by atoms with Crippen molar-refractivity contribution in [2.45, 2.75) is 31.7 Å². The SMILES string of the molecule is COc1cccc(NC2(CN)CCCC2C)c1. The number of rotatable bonds is 4. The molecular weight excluding hydrogens is 212 g/mol. The molecule has 3 nitrogen and oxygen atoms in total. The van der Waals surface area contributed by atoms with Crippen LogP contribution in [0.15, 0.2) is 24.3 Å². The molecule has 0 bridgehead atoms. The van der Waals surface area contributed by atoms with Crippen molar-refractivity contribution >= 4 is 5.69 Å². The minimum atomic E-state index is 0.0619. The predicted molar refractivity (Wildman–Crippen MR) is 71.4 cm³/mol. The molecule has 94 valence electrons. The maximum absolute atomic E-state index is 5.98. The lowest BCUT2D eigenvalue weighted by atomic mass is 9.88. The van der Waals surface area contributed by atoms with Crippen LogP contribution in [0.2, 0.25) is 0 Å². The van der Waals surface area contributed by atoms with Gasteiger partial charge in [0.2, 0.25) is 0 Å². The summed E-state index contributed by atoms with van der Waals surface area (Å²) in [6.45, 7) is 2.97. The molecule has 2 rings (SSSR count). The molecule has 1 aliphatic rings. The number of methoxy groups -OCH3 is 1. The first-order chi connectivity index (χ1) is 8.20. The van der Waals surface area contributed by atoms with Crippen molar-refractivity contribution < 1.29 is 4.74 Å². The number of ether oxygens (including phenoxy) is 1. The molecule has 0 amide bonds. The van der Waals surface area contributed by atoms with Crippen molar-refractivity contribution in [3.05, 3.63) is 24.3 Å². The van der Waals surface area contributed by atoms with E-state index in [4.69, 9.17) is 10.5 Å². The number of hydrogen-bond acceptors (Lipinski definition) is 3. The van der Waals surface area contributed by atoms with Gasteiger partial charge in [0.25, 0.3) is 0 Å². The molecule has 0 radical (unpaired) electrons. The summed E-state index contributed by atoms with van der Waals surface area (Å²) in [6.07, 6.45) is 3.67. The van der Waals surface area contributed by atoms with E-state index in [0.717, 1.165) is 17.9 Å². The molecular formula is C14H22N2O. The van der Waals surface area contributed by atoms with Crippen LogP contribution in [0.1, 0.15) is 26.2 Å². The van der Waals surface area contributed by atoms with Gasteiger partial charge in [-0.3, -0.25) is 0 Å². The molecule has 0 saturated heterocycles. The minimum Gasteiger partial charge on any atom is -0.497 e. The van der Waals surface area contributed by atoms with Crippen molar-refractivity contribution in [3.8, 4) is 5.75 Å².